The summed E-state index contributed by atoms with van der Waals surface area (Å²) >= 11 is 2.08. The van der Waals surface area contributed by atoms with Gasteiger partial charge >= 0.3 is 5.97 Å². The van der Waals surface area contributed by atoms with Crippen molar-refractivity contribution in [2.75, 3.05) is 6.61 Å². The van der Waals surface area contributed by atoms with E-state index in [1.807, 2.05) is 19.1 Å². The van der Waals surface area contributed by atoms with Crippen molar-refractivity contribution in [3.05, 3.63) is 57.2 Å². The number of benzene rings is 2. The predicted molar refractivity (Wildman–Crippen MR) is 93.5 cm³/mol. The van der Waals surface area contributed by atoms with E-state index >= 15 is 0 Å². The molecule has 2 aromatic rings. The van der Waals surface area contributed by atoms with Crippen LogP contribution in [0.5, 0.6) is 11.5 Å². The van der Waals surface area contributed by atoms with E-state index in [1.165, 1.54) is 6.21 Å². The molecule has 0 unspecified atom stereocenters. The number of hydrazone groups is 1. The van der Waals surface area contributed by atoms with Gasteiger partial charge in [0.15, 0.2) is 11.5 Å². The van der Waals surface area contributed by atoms with Crippen LogP contribution in [0.2, 0.25) is 0 Å². The molecule has 0 saturated carbocycles. The lowest BCUT2D eigenvalue weighted by molar-refractivity contribution is 0.0727. The second kappa shape index (κ2) is 7.79. The van der Waals surface area contributed by atoms with Crippen molar-refractivity contribution in [1.82, 2.24) is 0 Å². The number of rotatable bonds is 5. The van der Waals surface area contributed by atoms with Gasteiger partial charge in [0.05, 0.1) is 22.0 Å². The van der Waals surface area contributed by atoms with Crippen LogP contribution in [0.15, 0.2) is 47.6 Å². The van der Waals surface area contributed by atoms with E-state index in [2.05, 4.69) is 27.7 Å². The summed E-state index contributed by atoms with van der Waals surface area (Å²) in [5.74, 6) is 5.61. The molecule has 2 aromatic carbocycles. The first-order chi connectivity index (χ1) is 10.7. The summed E-state index contributed by atoms with van der Waals surface area (Å²) in [6, 6.07) is 12.4. The Bertz CT molecular complexity index is 687. The Labute approximate surface area is 142 Å². The van der Waals surface area contributed by atoms with Crippen LogP contribution in [0.25, 0.3) is 0 Å². The molecule has 0 fully saturated rings. The number of nitrogens with zero attached hydrogens (tertiary/aromatic N) is 1. The number of halogens is 1. The molecule has 5 nitrogen and oxygen atoms in total. The number of carbonyl (C=O) groups is 1. The van der Waals surface area contributed by atoms with Crippen molar-refractivity contribution in [2.45, 2.75) is 6.92 Å². The van der Waals surface area contributed by atoms with Crippen molar-refractivity contribution in [2.24, 2.45) is 10.9 Å². The lowest BCUT2D eigenvalue weighted by Gasteiger charge is -2.13. The van der Waals surface area contributed by atoms with E-state index < -0.39 is 5.97 Å². The Hall–Kier alpha value is -2.09. The molecular formula is C16H15IN2O3. The highest BCUT2D eigenvalue weighted by atomic mass is 127. The molecule has 0 spiro atoms. The van der Waals surface area contributed by atoms with E-state index in [0.29, 0.717) is 23.7 Å². The monoisotopic (exact) mass is 410 g/mol. The summed E-state index contributed by atoms with van der Waals surface area (Å²) in [6.07, 6.45) is 1.51. The molecule has 2 N–H and O–H groups in total. The minimum Gasteiger partial charge on any atom is -0.490 e. The van der Waals surface area contributed by atoms with Crippen LogP contribution in [0.1, 0.15) is 22.8 Å². The second-order valence-corrected chi connectivity index (χ2v) is 5.46. The average molecular weight is 410 g/mol. The Kier molecular flexibility index (Phi) is 5.76. The highest BCUT2D eigenvalue weighted by Gasteiger charge is 2.16. The summed E-state index contributed by atoms with van der Waals surface area (Å²) < 4.78 is 11.8. The second-order valence-electron chi connectivity index (χ2n) is 4.30. The maximum Gasteiger partial charge on any atom is 0.343 e. The van der Waals surface area contributed by atoms with Crippen LogP contribution in [-0.2, 0) is 0 Å². The smallest absolute Gasteiger partial charge is 0.343 e. The van der Waals surface area contributed by atoms with Crippen molar-refractivity contribution in [1.29, 1.82) is 0 Å². The summed E-state index contributed by atoms with van der Waals surface area (Å²) in [5, 5.41) is 3.49. The Morgan fingerprint density at radius 3 is 2.68 bits per heavy atom. The number of esters is 1. The van der Waals surface area contributed by atoms with Gasteiger partial charge < -0.3 is 15.3 Å². The normalized spacial score (nSPS) is 10.6. The minimum atomic E-state index is -0.431. The third-order valence-corrected chi connectivity index (χ3v) is 3.56. The van der Waals surface area contributed by atoms with Gasteiger partial charge in [-0.05, 0) is 59.3 Å². The molecule has 2 rings (SSSR count). The zero-order valence-corrected chi connectivity index (χ0v) is 14.1. The molecule has 0 aliphatic carbocycles. The first-order valence-corrected chi connectivity index (χ1v) is 7.70. The zero-order chi connectivity index (χ0) is 15.9. The number of hydrogen-bond acceptors (Lipinski definition) is 5. The molecular weight excluding hydrogens is 395 g/mol. The maximum absolute atomic E-state index is 12.2. The molecule has 6 heteroatoms. The van der Waals surface area contributed by atoms with Crippen LogP contribution in [0, 0.1) is 3.57 Å². The van der Waals surface area contributed by atoms with Gasteiger partial charge in [-0.2, -0.15) is 5.10 Å². The van der Waals surface area contributed by atoms with Crippen molar-refractivity contribution < 1.29 is 14.3 Å². The molecule has 0 bridgehead atoms. The number of ether oxygens (including phenoxy) is 2. The van der Waals surface area contributed by atoms with Gasteiger partial charge in [0.25, 0.3) is 0 Å². The highest BCUT2D eigenvalue weighted by molar-refractivity contribution is 14.1. The quantitative estimate of drug-likeness (QED) is 0.205. The van der Waals surface area contributed by atoms with Gasteiger partial charge in [0.1, 0.15) is 0 Å². The van der Waals surface area contributed by atoms with Gasteiger partial charge in [-0.15, -0.1) is 0 Å². The highest BCUT2D eigenvalue weighted by Crippen LogP contribution is 2.34. The molecule has 0 radical (unpaired) electrons. The topological polar surface area (TPSA) is 73.9 Å². The molecule has 0 saturated heterocycles. The number of hydrogen-bond donors (Lipinski definition) is 1. The van der Waals surface area contributed by atoms with Crippen LogP contribution >= 0.6 is 22.6 Å². The summed E-state index contributed by atoms with van der Waals surface area (Å²) in [5.41, 5.74) is 1.25. The fourth-order valence-corrected chi connectivity index (χ4v) is 2.57. The van der Waals surface area contributed by atoms with Crippen molar-refractivity contribution >= 4 is 34.8 Å². The van der Waals surface area contributed by atoms with Crippen molar-refractivity contribution in [3.8, 4) is 11.5 Å². The maximum atomic E-state index is 12.2. The zero-order valence-electron chi connectivity index (χ0n) is 12.0. The summed E-state index contributed by atoms with van der Waals surface area (Å²) in [7, 11) is 0. The van der Waals surface area contributed by atoms with Crippen LogP contribution < -0.4 is 15.3 Å². The Morgan fingerprint density at radius 1 is 1.32 bits per heavy atom. The molecule has 0 atom stereocenters. The van der Waals surface area contributed by atoms with Gasteiger partial charge in [-0.25, -0.2) is 4.79 Å². The Balaban J connectivity index is 2.35. The molecule has 22 heavy (non-hydrogen) atoms. The van der Waals surface area contributed by atoms with Crippen LogP contribution in [0.3, 0.4) is 0 Å². The Morgan fingerprint density at radius 2 is 2.05 bits per heavy atom. The predicted octanol–water partition coefficient (Wildman–Crippen LogP) is 3.20. The largest absolute Gasteiger partial charge is 0.490 e. The van der Waals surface area contributed by atoms with E-state index in [9.17, 15) is 4.79 Å². The van der Waals surface area contributed by atoms with Crippen LogP contribution in [-0.4, -0.2) is 18.8 Å². The lowest BCUT2D eigenvalue weighted by atomic mass is 10.2. The van der Waals surface area contributed by atoms with Gasteiger partial charge in [0.2, 0.25) is 0 Å². The van der Waals surface area contributed by atoms with E-state index in [1.54, 1.807) is 30.3 Å². The average Bonchev–Trinajstić information content (AvgIpc) is 2.52. The molecule has 0 aliphatic rings. The van der Waals surface area contributed by atoms with Gasteiger partial charge in [-0.1, -0.05) is 18.2 Å². The first kappa shape index (κ1) is 16.3. The molecule has 0 aliphatic heterocycles. The standard InChI is InChI=1S/C16H15IN2O3/c1-2-21-14-9-11(10-19-18)8-13(17)15(14)22-16(20)12-6-4-3-5-7-12/h3-10H,2,18H2,1H3. The van der Waals surface area contributed by atoms with E-state index in [0.717, 1.165) is 9.13 Å². The number of carbonyl (C=O) groups excluding carboxylic acids is 1. The van der Waals surface area contributed by atoms with Crippen LogP contribution in [0.4, 0.5) is 0 Å². The van der Waals surface area contributed by atoms with Gasteiger partial charge in [-0.3, -0.25) is 0 Å². The molecule has 0 aromatic heterocycles. The third kappa shape index (κ3) is 3.97. The van der Waals surface area contributed by atoms with Crippen molar-refractivity contribution in [3.63, 3.8) is 0 Å². The first-order valence-electron chi connectivity index (χ1n) is 6.62. The lowest BCUT2D eigenvalue weighted by Crippen LogP contribution is -2.11. The third-order valence-electron chi connectivity index (χ3n) is 2.76. The van der Waals surface area contributed by atoms with E-state index in [4.69, 9.17) is 15.3 Å². The molecule has 114 valence electrons. The van der Waals surface area contributed by atoms with Gasteiger partial charge in [0, 0.05) is 0 Å². The minimum absolute atomic E-state index is 0.394. The fraction of sp³-hybridized carbons (Fsp3) is 0.125. The fourth-order valence-electron chi connectivity index (χ4n) is 1.84. The number of nitrogens with two attached hydrogens (primary N) is 1. The SMILES string of the molecule is CCOc1cc(C=NN)cc(I)c1OC(=O)c1ccccc1. The molecule has 0 amide bonds. The molecule has 0 heterocycles. The summed E-state index contributed by atoms with van der Waals surface area (Å²) in [6.45, 7) is 2.31. The summed E-state index contributed by atoms with van der Waals surface area (Å²) in [4.78, 5) is 12.2. The van der Waals surface area contributed by atoms with E-state index in [-0.39, 0.29) is 0 Å².